The fourth-order valence-corrected chi connectivity index (χ4v) is 2.28. The standard InChI is InChI=1S/C14H21NO/c1-13(14-5-3-2-4-6-14)7-8-15-9-11-16-12-10-15/h2-6,13H,7-12H2,1H3/p+1/t13-/m0/s1. The molecule has 1 N–H and O–H groups in total. The van der Waals surface area contributed by atoms with E-state index in [9.17, 15) is 0 Å². The summed E-state index contributed by atoms with van der Waals surface area (Å²) in [6.45, 7) is 7.85. The zero-order valence-electron chi connectivity index (χ0n) is 10.1. The van der Waals surface area contributed by atoms with Gasteiger partial charge in [-0.1, -0.05) is 37.3 Å². The van der Waals surface area contributed by atoms with Crippen molar-refractivity contribution in [3.05, 3.63) is 35.9 Å². The highest BCUT2D eigenvalue weighted by Crippen LogP contribution is 2.16. The Bertz CT molecular complexity index is 293. The molecule has 0 aromatic heterocycles. The van der Waals surface area contributed by atoms with Gasteiger partial charge in [0.25, 0.3) is 0 Å². The van der Waals surface area contributed by atoms with Crippen molar-refractivity contribution in [1.82, 2.24) is 0 Å². The zero-order valence-corrected chi connectivity index (χ0v) is 10.1. The van der Waals surface area contributed by atoms with Gasteiger partial charge in [0.05, 0.1) is 19.8 Å². The highest BCUT2D eigenvalue weighted by molar-refractivity contribution is 5.18. The van der Waals surface area contributed by atoms with Crippen molar-refractivity contribution >= 4 is 0 Å². The molecule has 1 fully saturated rings. The fourth-order valence-electron chi connectivity index (χ4n) is 2.28. The molecule has 1 aliphatic heterocycles. The van der Waals surface area contributed by atoms with Gasteiger partial charge in [-0.2, -0.15) is 0 Å². The van der Waals surface area contributed by atoms with E-state index in [-0.39, 0.29) is 0 Å². The molecule has 2 nitrogen and oxygen atoms in total. The van der Waals surface area contributed by atoms with Crippen molar-refractivity contribution in [2.24, 2.45) is 0 Å². The van der Waals surface area contributed by atoms with E-state index in [1.165, 1.54) is 31.6 Å². The molecule has 16 heavy (non-hydrogen) atoms. The number of benzene rings is 1. The summed E-state index contributed by atoms with van der Waals surface area (Å²) < 4.78 is 5.37. The summed E-state index contributed by atoms with van der Waals surface area (Å²) in [5, 5.41) is 0. The molecule has 0 saturated carbocycles. The molecular formula is C14H22NO+. The normalized spacial score (nSPS) is 19.6. The maximum Gasteiger partial charge on any atom is 0.101 e. The van der Waals surface area contributed by atoms with Crippen molar-refractivity contribution in [2.75, 3.05) is 32.8 Å². The van der Waals surface area contributed by atoms with Crippen LogP contribution in [0.25, 0.3) is 0 Å². The molecule has 0 unspecified atom stereocenters. The molecule has 1 heterocycles. The Kier molecular flexibility index (Phi) is 4.37. The molecule has 0 spiro atoms. The summed E-state index contributed by atoms with van der Waals surface area (Å²) in [5.41, 5.74) is 1.47. The number of nitrogens with one attached hydrogen (secondary N) is 1. The van der Waals surface area contributed by atoms with Gasteiger partial charge in [-0.3, -0.25) is 0 Å². The minimum atomic E-state index is 0.677. The Balaban J connectivity index is 1.77. The third kappa shape index (κ3) is 3.32. The lowest BCUT2D eigenvalue weighted by atomic mass is 9.98. The van der Waals surface area contributed by atoms with Crippen molar-refractivity contribution in [2.45, 2.75) is 19.3 Å². The van der Waals surface area contributed by atoms with Crippen LogP contribution in [0.2, 0.25) is 0 Å². The van der Waals surface area contributed by atoms with Gasteiger partial charge in [-0.05, 0) is 11.5 Å². The van der Waals surface area contributed by atoms with Gasteiger partial charge in [0, 0.05) is 6.42 Å². The molecule has 0 aliphatic carbocycles. The van der Waals surface area contributed by atoms with Crippen LogP contribution in [0.5, 0.6) is 0 Å². The van der Waals surface area contributed by atoms with E-state index in [1.807, 2.05) is 0 Å². The zero-order chi connectivity index (χ0) is 11.2. The summed E-state index contributed by atoms with van der Waals surface area (Å²) in [6, 6.07) is 10.8. The fraction of sp³-hybridized carbons (Fsp3) is 0.571. The van der Waals surface area contributed by atoms with Gasteiger partial charge in [0.1, 0.15) is 13.1 Å². The number of rotatable bonds is 4. The van der Waals surface area contributed by atoms with E-state index in [1.54, 1.807) is 4.90 Å². The average molecular weight is 220 g/mol. The molecule has 0 radical (unpaired) electrons. The van der Waals surface area contributed by atoms with E-state index >= 15 is 0 Å². The van der Waals surface area contributed by atoms with Crippen LogP contribution in [0.1, 0.15) is 24.8 Å². The van der Waals surface area contributed by atoms with E-state index in [4.69, 9.17) is 4.74 Å². The third-order valence-electron chi connectivity index (χ3n) is 3.50. The summed E-state index contributed by atoms with van der Waals surface area (Å²) in [5.74, 6) is 0.677. The third-order valence-corrected chi connectivity index (χ3v) is 3.50. The van der Waals surface area contributed by atoms with Crippen LogP contribution < -0.4 is 4.90 Å². The van der Waals surface area contributed by atoms with Crippen molar-refractivity contribution in [1.29, 1.82) is 0 Å². The van der Waals surface area contributed by atoms with E-state index in [0.717, 1.165) is 13.2 Å². The lowest BCUT2D eigenvalue weighted by Crippen LogP contribution is -3.14. The van der Waals surface area contributed by atoms with Gasteiger partial charge in [0.15, 0.2) is 0 Å². The summed E-state index contributed by atoms with van der Waals surface area (Å²) in [7, 11) is 0. The number of hydrogen-bond donors (Lipinski definition) is 1. The average Bonchev–Trinajstić information content (AvgIpc) is 2.38. The predicted molar refractivity (Wildman–Crippen MR) is 65.9 cm³/mol. The topological polar surface area (TPSA) is 13.7 Å². The van der Waals surface area contributed by atoms with Crippen LogP contribution in [0.3, 0.4) is 0 Å². The quantitative estimate of drug-likeness (QED) is 0.802. The first-order chi connectivity index (χ1) is 7.86. The number of quaternary nitrogens is 1. The molecule has 1 atom stereocenters. The number of hydrogen-bond acceptors (Lipinski definition) is 1. The number of ether oxygens (including phenoxy) is 1. The van der Waals surface area contributed by atoms with Gasteiger partial charge in [-0.25, -0.2) is 0 Å². The summed E-state index contributed by atoms with van der Waals surface area (Å²) in [4.78, 5) is 1.70. The Hall–Kier alpha value is -0.860. The molecule has 2 heteroatoms. The molecule has 88 valence electrons. The minimum absolute atomic E-state index is 0.677. The minimum Gasteiger partial charge on any atom is -0.370 e. The molecule has 1 aromatic rings. The molecule has 2 rings (SSSR count). The Morgan fingerprint density at radius 2 is 1.88 bits per heavy atom. The molecule has 0 bridgehead atoms. The van der Waals surface area contributed by atoms with Crippen molar-refractivity contribution < 1.29 is 9.64 Å². The molecule has 1 aliphatic rings. The second-order valence-corrected chi connectivity index (χ2v) is 4.71. The van der Waals surface area contributed by atoms with Crippen molar-refractivity contribution in [3.8, 4) is 0 Å². The lowest BCUT2D eigenvalue weighted by molar-refractivity contribution is -0.908. The van der Waals surface area contributed by atoms with Gasteiger partial charge < -0.3 is 9.64 Å². The molecule has 1 aromatic carbocycles. The Morgan fingerprint density at radius 1 is 1.19 bits per heavy atom. The van der Waals surface area contributed by atoms with E-state index in [0.29, 0.717) is 5.92 Å². The predicted octanol–water partition coefficient (Wildman–Crippen LogP) is 1.10. The van der Waals surface area contributed by atoms with Crippen LogP contribution in [-0.2, 0) is 4.74 Å². The summed E-state index contributed by atoms with van der Waals surface area (Å²) >= 11 is 0. The summed E-state index contributed by atoms with van der Waals surface area (Å²) in [6.07, 6.45) is 1.28. The largest absolute Gasteiger partial charge is 0.370 e. The molecular weight excluding hydrogens is 198 g/mol. The van der Waals surface area contributed by atoms with Crippen LogP contribution in [-0.4, -0.2) is 32.8 Å². The van der Waals surface area contributed by atoms with Crippen molar-refractivity contribution in [3.63, 3.8) is 0 Å². The van der Waals surface area contributed by atoms with Crippen LogP contribution in [0, 0.1) is 0 Å². The van der Waals surface area contributed by atoms with Crippen LogP contribution in [0.4, 0.5) is 0 Å². The first-order valence-electron chi connectivity index (χ1n) is 6.32. The first kappa shape index (κ1) is 11.6. The number of morpholine rings is 1. The van der Waals surface area contributed by atoms with Gasteiger partial charge >= 0.3 is 0 Å². The van der Waals surface area contributed by atoms with Crippen LogP contribution >= 0.6 is 0 Å². The highest BCUT2D eigenvalue weighted by Gasteiger charge is 2.15. The maximum absolute atomic E-state index is 5.37. The van der Waals surface area contributed by atoms with Gasteiger partial charge in [-0.15, -0.1) is 0 Å². The van der Waals surface area contributed by atoms with E-state index in [2.05, 4.69) is 37.3 Å². The second-order valence-electron chi connectivity index (χ2n) is 4.71. The second kappa shape index (κ2) is 6.02. The molecule has 1 saturated heterocycles. The Labute approximate surface area is 98.2 Å². The lowest BCUT2D eigenvalue weighted by Gasteiger charge is -2.25. The monoisotopic (exact) mass is 220 g/mol. The smallest absolute Gasteiger partial charge is 0.101 e. The first-order valence-corrected chi connectivity index (χ1v) is 6.32. The highest BCUT2D eigenvalue weighted by atomic mass is 16.5. The Morgan fingerprint density at radius 3 is 2.56 bits per heavy atom. The van der Waals surface area contributed by atoms with E-state index < -0.39 is 0 Å². The molecule has 0 amide bonds. The SMILES string of the molecule is C[C@@H](CC[NH+]1CCOCC1)c1ccccc1. The van der Waals surface area contributed by atoms with Crippen LogP contribution in [0.15, 0.2) is 30.3 Å². The maximum atomic E-state index is 5.37. The van der Waals surface area contributed by atoms with Gasteiger partial charge in [0.2, 0.25) is 0 Å².